The van der Waals surface area contributed by atoms with Crippen molar-refractivity contribution < 1.29 is 14.7 Å². The molecule has 1 unspecified atom stereocenters. The number of rotatable bonds is 3. The van der Waals surface area contributed by atoms with Crippen LogP contribution in [0.3, 0.4) is 0 Å². The van der Waals surface area contributed by atoms with Crippen LogP contribution in [0.1, 0.15) is 31.0 Å². The van der Waals surface area contributed by atoms with E-state index in [1.165, 1.54) is 0 Å². The highest BCUT2D eigenvalue weighted by atomic mass is 16.4. The number of aryl methyl sites for hydroxylation is 1. The number of carbonyl (C=O) groups excluding carboxylic acids is 1. The normalized spacial score (nSPS) is 26.4. The van der Waals surface area contributed by atoms with Gasteiger partial charge in [0, 0.05) is 11.3 Å². The molecular weight excluding hydrogens is 246 g/mol. The molecule has 3 atom stereocenters. The van der Waals surface area contributed by atoms with Crippen LogP contribution in [0, 0.1) is 31.6 Å². The molecule has 6 heteroatoms. The molecule has 1 heterocycles. The lowest BCUT2D eigenvalue weighted by Gasteiger charge is -2.14. The highest BCUT2D eigenvalue weighted by molar-refractivity contribution is 5.95. The Morgan fingerprint density at radius 3 is 2.47 bits per heavy atom. The molecule has 1 aromatic heterocycles. The number of carboxylic acids is 1. The third-order valence-electron chi connectivity index (χ3n) is 3.95. The molecule has 1 amide bonds. The van der Waals surface area contributed by atoms with Crippen molar-refractivity contribution in [3.63, 3.8) is 0 Å². The predicted octanol–water partition coefficient (Wildman–Crippen LogP) is 1.71. The van der Waals surface area contributed by atoms with Crippen LogP contribution >= 0.6 is 0 Å². The number of H-pyrrole nitrogens is 1. The molecule has 3 N–H and O–H groups in total. The fourth-order valence-corrected chi connectivity index (χ4v) is 2.67. The van der Waals surface area contributed by atoms with E-state index < -0.39 is 17.8 Å². The Balaban J connectivity index is 2.11. The number of nitrogens with zero attached hydrogens (tertiary/aromatic N) is 1. The van der Waals surface area contributed by atoms with Crippen molar-refractivity contribution in [1.29, 1.82) is 0 Å². The van der Waals surface area contributed by atoms with Gasteiger partial charge in [-0.3, -0.25) is 14.7 Å². The molecule has 6 nitrogen and oxygen atoms in total. The minimum atomic E-state index is -0.889. The third-order valence-corrected chi connectivity index (χ3v) is 3.95. The van der Waals surface area contributed by atoms with Gasteiger partial charge in [-0.1, -0.05) is 6.92 Å². The number of anilines is 1. The zero-order valence-electron chi connectivity index (χ0n) is 11.4. The van der Waals surface area contributed by atoms with Crippen molar-refractivity contribution in [3.8, 4) is 0 Å². The smallest absolute Gasteiger partial charge is 0.307 e. The van der Waals surface area contributed by atoms with E-state index in [2.05, 4.69) is 15.5 Å². The lowest BCUT2D eigenvalue weighted by molar-refractivity contribution is -0.145. The highest BCUT2D eigenvalue weighted by Crippen LogP contribution is 2.37. The highest BCUT2D eigenvalue weighted by Gasteiger charge is 2.41. The van der Waals surface area contributed by atoms with Gasteiger partial charge < -0.3 is 10.4 Å². The molecule has 0 radical (unpaired) electrons. The monoisotopic (exact) mass is 265 g/mol. The van der Waals surface area contributed by atoms with Crippen molar-refractivity contribution in [2.75, 3.05) is 5.32 Å². The van der Waals surface area contributed by atoms with E-state index in [0.717, 1.165) is 11.3 Å². The van der Waals surface area contributed by atoms with Gasteiger partial charge in [0.25, 0.3) is 0 Å². The molecule has 1 saturated carbocycles. The van der Waals surface area contributed by atoms with Gasteiger partial charge in [-0.25, -0.2) is 0 Å². The Hall–Kier alpha value is -1.85. The van der Waals surface area contributed by atoms with Crippen LogP contribution in [0.25, 0.3) is 0 Å². The number of aliphatic carboxylic acids is 1. The predicted molar refractivity (Wildman–Crippen MR) is 69.7 cm³/mol. The first-order valence-electron chi connectivity index (χ1n) is 6.45. The molecule has 0 bridgehead atoms. The summed E-state index contributed by atoms with van der Waals surface area (Å²) in [5.74, 6) is -1.44. The summed E-state index contributed by atoms with van der Waals surface area (Å²) in [4.78, 5) is 23.4. The van der Waals surface area contributed by atoms with E-state index >= 15 is 0 Å². The van der Waals surface area contributed by atoms with E-state index in [1.54, 1.807) is 0 Å². The maximum atomic E-state index is 12.2. The number of hydrogen-bond donors (Lipinski definition) is 3. The van der Waals surface area contributed by atoms with Gasteiger partial charge in [-0.05, 0) is 32.6 Å². The zero-order valence-corrected chi connectivity index (χ0v) is 11.4. The van der Waals surface area contributed by atoms with Gasteiger partial charge in [0.05, 0.1) is 11.8 Å². The van der Waals surface area contributed by atoms with E-state index in [4.69, 9.17) is 0 Å². The number of hydrogen-bond acceptors (Lipinski definition) is 3. The lowest BCUT2D eigenvalue weighted by Crippen LogP contribution is -2.30. The fourth-order valence-electron chi connectivity index (χ4n) is 2.67. The van der Waals surface area contributed by atoms with Crippen LogP contribution in [0.15, 0.2) is 0 Å². The van der Waals surface area contributed by atoms with E-state index in [9.17, 15) is 14.7 Å². The van der Waals surface area contributed by atoms with Gasteiger partial charge in [0.15, 0.2) is 5.82 Å². The topological polar surface area (TPSA) is 95.1 Å². The van der Waals surface area contributed by atoms with Gasteiger partial charge in [-0.2, -0.15) is 5.10 Å². The first-order valence-corrected chi connectivity index (χ1v) is 6.45. The van der Waals surface area contributed by atoms with Crippen LogP contribution in [0.4, 0.5) is 5.82 Å². The number of aromatic nitrogens is 2. The SMILES string of the molecule is Cc1[nH]nc(NC(=O)[C@H]2CC(C)C[C@H]2C(=O)O)c1C. The molecule has 1 aliphatic carbocycles. The molecule has 2 rings (SSSR count). The van der Waals surface area contributed by atoms with E-state index in [-0.39, 0.29) is 11.8 Å². The summed E-state index contributed by atoms with van der Waals surface area (Å²) in [6, 6.07) is 0. The summed E-state index contributed by atoms with van der Waals surface area (Å²) in [5.41, 5.74) is 1.77. The van der Waals surface area contributed by atoms with Crippen molar-refractivity contribution >= 4 is 17.7 Å². The molecule has 0 spiro atoms. The molecule has 1 aromatic rings. The molecule has 0 saturated heterocycles. The van der Waals surface area contributed by atoms with Crippen LogP contribution in [0.2, 0.25) is 0 Å². The van der Waals surface area contributed by atoms with E-state index in [1.807, 2.05) is 20.8 Å². The summed E-state index contributed by atoms with van der Waals surface area (Å²) in [6.45, 7) is 5.71. The molecule has 0 aromatic carbocycles. The minimum absolute atomic E-state index is 0.244. The minimum Gasteiger partial charge on any atom is -0.481 e. The summed E-state index contributed by atoms with van der Waals surface area (Å²) < 4.78 is 0. The Kier molecular flexibility index (Phi) is 3.59. The van der Waals surface area contributed by atoms with Crippen molar-refractivity contribution in [1.82, 2.24) is 10.2 Å². The number of aromatic amines is 1. The summed E-state index contributed by atoms with van der Waals surface area (Å²) >= 11 is 0. The van der Waals surface area contributed by atoms with Crippen LogP contribution < -0.4 is 5.32 Å². The third kappa shape index (κ3) is 2.62. The Labute approximate surface area is 111 Å². The summed E-state index contributed by atoms with van der Waals surface area (Å²) in [6.07, 6.45) is 1.18. The number of nitrogens with one attached hydrogen (secondary N) is 2. The molecule has 104 valence electrons. The summed E-state index contributed by atoms with van der Waals surface area (Å²) in [5, 5.41) is 18.7. The average molecular weight is 265 g/mol. The average Bonchev–Trinajstić information content (AvgIpc) is 2.87. The van der Waals surface area contributed by atoms with Crippen molar-refractivity contribution in [3.05, 3.63) is 11.3 Å². The van der Waals surface area contributed by atoms with E-state index in [0.29, 0.717) is 18.7 Å². The second kappa shape index (κ2) is 5.03. The number of carbonyl (C=O) groups is 2. The lowest BCUT2D eigenvalue weighted by atomic mass is 9.95. The zero-order chi connectivity index (χ0) is 14.2. The maximum Gasteiger partial charge on any atom is 0.307 e. The second-order valence-corrected chi connectivity index (χ2v) is 5.44. The van der Waals surface area contributed by atoms with Crippen LogP contribution in [-0.2, 0) is 9.59 Å². The van der Waals surface area contributed by atoms with Gasteiger partial charge >= 0.3 is 5.97 Å². The first-order chi connectivity index (χ1) is 8.90. The first kappa shape index (κ1) is 13.6. The van der Waals surface area contributed by atoms with Gasteiger partial charge in [-0.15, -0.1) is 0 Å². The van der Waals surface area contributed by atoms with Crippen LogP contribution in [0.5, 0.6) is 0 Å². The largest absolute Gasteiger partial charge is 0.481 e. The maximum absolute atomic E-state index is 12.2. The van der Waals surface area contributed by atoms with Gasteiger partial charge in [0.2, 0.25) is 5.91 Å². The fraction of sp³-hybridized carbons (Fsp3) is 0.615. The summed E-state index contributed by atoms with van der Waals surface area (Å²) in [7, 11) is 0. The number of carboxylic acid groups (broad SMARTS) is 1. The van der Waals surface area contributed by atoms with Crippen molar-refractivity contribution in [2.45, 2.75) is 33.6 Å². The standard InChI is InChI=1S/C13H19N3O3/c1-6-4-9(10(5-6)13(18)19)12(17)14-11-7(2)8(3)15-16-11/h6,9-10H,4-5H2,1-3H3,(H,18,19)(H2,14,15,16,17)/t6?,9-,10+/m0/s1. The van der Waals surface area contributed by atoms with Crippen LogP contribution in [-0.4, -0.2) is 27.2 Å². The number of amides is 1. The van der Waals surface area contributed by atoms with Gasteiger partial charge in [0.1, 0.15) is 0 Å². The molecule has 1 aliphatic rings. The molecule has 1 fully saturated rings. The molecular formula is C13H19N3O3. The Morgan fingerprint density at radius 1 is 1.32 bits per heavy atom. The molecule has 19 heavy (non-hydrogen) atoms. The molecule has 0 aliphatic heterocycles. The van der Waals surface area contributed by atoms with Crippen molar-refractivity contribution in [2.24, 2.45) is 17.8 Å². The Morgan fingerprint density at radius 2 is 1.95 bits per heavy atom. The second-order valence-electron chi connectivity index (χ2n) is 5.44. The Bertz CT molecular complexity index is 509. The quantitative estimate of drug-likeness (QED) is 0.775.